The zero-order valence-electron chi connectivity index (χ0n) is 11.5. The third kappa shape index (κ3) is 2.50. The van der Waals surface area contributed by atoms with Gasteiger partial charge < -0.3 is 10.3 Å². The predicted molar refractivity (Wildman–Crippen MR) is 82.8 cm³/mol. The monoisotopic (exact) mass is 301 g/mol. The van der Waals surface area contributed by atoms with Crippen LogP contribution in [0.5, 0.6) is 0 Å². The van der Waals surface area contributed by atoms with Crippen LogP contribution in [0.25, 0.3) is 11.0 Å². The Morgan fingerprint density at radius 3 is 2.48 bits per heavy atom. The Bertz CT molecular complexity index is 899. The number of hydrogen-bond acceptors (Lipinski definition) is 4. The number of imidazole rings is 1. The zero-order chi connectivity index (χ0) is 15.0. The molecule has 0 saturated carbocycles. The zero-order valence-corrected chi connectivity index (χ0v) is 12.3. The summed E-state index contributed by atoms with van der Waals surface area (Å²) in [5.41, 5.74) is 8.19. The molecule has 0 unspecified atom stereocenters. The summed E-state index contributed by atoms with van der Waals surface area (Å²) in [6.07, 6.45) is 1.17. The van der Waals surface area contributed by atoms with Crippen molar-refractivity contribution >= 4 is 26.8 Å². The SMILES string of the molecule is CS(=O)(=O)c1cccc2c1nc(N)n2Cc1ccccc1. The minimum atomic E-state index is -3.34. The van der Waals surface area contributed by atoms with E-state index in [1.54, 1.807) is 12.1 Å². The molecule has 0 aliphatic carbocycles. The first-order chi connectivity index (χ1) is 9.97. The molecule has 0 saturated heterocycles. The van der Waals surface area contributed by atoms with E-state index in [1.165, 1.54) is 6.26 Å². The lowest BCUT2D eigenvalue weighted by Crippen LogP contribution is -2.04. The van der Waals surface area contributed by atoms with Gasteiger partial charge in [-0.1, -0.05) is 36.4 Å². The highest BCUT2D eigenvalue weighted by atomic mass is 32.2. The van der Waals surface area contributed by atoms with Crippen molar-refractivity contribution in [1.29, 1.82) is 0 Å². The summed E-state index contributed by atoms with van der Waals surface area (Å²) in [6, 6.07) is 14.9. The maximum absolute atomic E-state index is 11.8. The van der Waals surface area contributed by atoms with Gasteiger partial charge in [0.1, 0.15) is 5.52 Å². The Kier molecular flexibility index (Phi) is 3.17. The molecule has 0 spiro atoms. The van der Waals surface area contributed by atoms with Crippen molar-refractivity contribution in [2.24, 2.45) is 0 Å². The van der Waals surface area contributed by atoms with E-state index in [0.29, 0.717) is 18.0 Å². The van der Waals surface area contributed by atoms with Crippen LogP contribution in [-0.2, 0) is 16.4 Å². The van der Waals surface area contributed by atoms with Gasteiger partial charge in [-0.25, -0.2) is 13.4 Å². The maximum Gasteiger partial charge on any atom is 0.201 e. The number of rotatable bonds is 3. The number of benzene rings is 2. The number of nitrogen functional groups attached to an aromatic ring is 1. The van der Waals surface area contributed by atoms with E-state index in [2.05, 4.69) is 4.98 Å². The third-order valence-corrected chi connectivity index (χ3v) is 4.48. The molecule has 1 aromatic heterocycles. The Morgan fingerprint density at radius 2 is 1.81 bits per heavy atom. The van der Waals surface area contributed by atoms with Gasteiger partial charge in [0.15, 0.2) is 9.84 Å². The molecule has 3 rings (SSSR count). The van der Waals surface area contributed by atoms with E-state index in [1.807, 2.05) is 41.0 Å². The van der Waals surface area contributed by atoms with E-state index < -0.39 is 9.84 Å². The fourth-order valence-electron chi connectivity index (χ4n) is 2.37. The molecule has 0 radical (unpaired) electrons. The second-order valence-electron chi connectivity index (χ2n) is 4.94. The summed E-state index contributed by atoms with van der Waals surface area (Å²) < 4.78 is 25.5. The van der Waals surface area contributed by atoms with Gasteiger partial charge in [0.05, 0.1) is 17.0 Å². The van der Waals surface area contributed by atoms with Gasteiger partial charge in [0.2, 0.25) is 5.95 Å². The summed E-state index contributed by atoms with van der Waals surface area (Å²) in [6.45, 7) is 0.552. The Labute approximate surface area is 123 Å². The molecule has 0 amide bonds. The van der Waals surface area contributed by atoms with Crippen LogP contribution < -0.4 is 5.73 Å². The number of aromatic nitrogens is 2. The van der Waals surface area contributed by atoms with Crippen LogP contribution in [0.3, 0.4) is 0 Å². The first-order valence-electron chi connectivity index (χ1n) is 6.45. The number of para-hydroxylation sites is 1. The van der Waals surface area contributed by atoms with Crippen molar-refractivity contribution in [2.75, 3.05) is 12.0 Å². The van der Waals surface area contributed by atoms with E-state index in [0.717, 1.165) is 11.1 Å². The quantitative estimate of drug-likeness (QED) is 0.803. The molecule has 0 aliphatic rings. The van der Waals surface area contributed by atoms with E-state index >= 15 is 0 Å². The van der Waals surface area contributed by atoms with Crippen LogP contribution >= 0.6 is 0 Å². The van der Waals surface area contributed by atoms with E-state index in [4.69, 9.17) is 5.73 Å². The summed E-state index contributed by atoms with van der Waals surface area (Å²) in [5.74, 6) is 0.310. The molecule has 0 fully saturated rings. The lowest BCUT2D eigenvalue weighted by molar-refractivity contribution is 0.602. The highest BCUT2D eigenvalue weighted by Crippen LogP contribution is 2.25. The molecule has 108 valence electrons. The average molecular weight is 301 g/mol. The van der Waals surface area contributed by atoms with Crippen molar-refractivity contribution < 1.29 is 8.42 Å². The summed E-state index contributed by atoms with van der Waals surface area (Å²) in [7, 11) is -3.34. The van der Waals surface area contributed by atoms with Crippen molar-refractivity contribution in [3.8, 4) is 0 Å². The molecular weight excluding hydrogens is 286 g/mol. The highest BCUT2D eigenvalue weighted by Gasteiger charge is 2.17. The lowest BCUT2D eigenvalue weighted by Gasteiger charge is -2.07. The molecule has 0 aliphatic heterocycles. The smallest absolute Gasteiger partial charge is 0.201 e. The molecule has 21 heavy (non-hydrogen) atoms. The van der Waals surface area contributed by atoms with Gasteiger partial charge >= 0.3 is 0 Å². The second-order valence-corrected chi connectivity index (χ2v) is 6.92. The lowest BCUT2D eigenvalue weighted by atomic mass is 10.2. The van der Waals surface area contributed by atoms with Gasteiger partial charge in [-0.3, -0.25) is 0 Å². The molecule has 5 nitrogen and oxygen atoms in total. The number of sulfone groups is 1. The topological polar surface area (TPSA) is 78.0 Å². The van der Waals surface area contributed by atoms with E-state index in [9.17, 15) is 8.42 Å². The Morgan fingerprint density at radius 1 is 1.10 bits per heavy atom. The maximum atomic E-state index is 11.8. The number of nitrogens with two attached hydrogens (primary N) is 1. The summed E-state index contributed by atoms with van der Waals surface area (Å²) in [4.78, 5) is 4.44. The molecule has 2 aromatic carbocycles. The van der Waals surface area contributed by atoms with Crippen molar-refractivity contribution in [1.82, 2.24) is 9.55 Å². The van der Waals surface area contributed by atoms with Gasteiger partial charge in [0, 0.05) is 6.26 Å². The molecule has 2 N–H and O–H groups in total. The van der Waals surface area contributed by atoms with Gasteiger partial charge in [-0.15, -0.1) is 0 Å². The number of fused-ring (bicyclic) bond motifs is 1. The Balaban J connectivity index is 2.19. The van der Waals surface area contributed by atoms with Crippen LogP contribution in [-0.4, -0.2) is 24.2 Å². The molecule has 3 aromatic rings. The minimum Gasteiger partial charge on any atom is -0.369 e. The third-order valence-electron chi connectivity index (χ3n) is 3.35. The van der Waals surface area contributed by atoms with Crippen LogP contribution in [0, 0.1) is 0 Å². The largest absolute Gasteiger partial charge is 0.369 e. The normalized spacial score (nSPS) is 11.9. The molecule has 1 heterocycles. The van der Waals surface area contributed by atoms with Crippen molar-refractivity contribution in [3.63, 3.8) is 0 Å². The Hall–Kier alpha value is -2.34. The van der Waals surface area contributed by atoms with Crippen LogP contribution in [0.15, 0.2) is 53.4 Å². The fraction of sp³-hybridized carbons (Fsp3) is 0.133. The van der Waals surface area contributed by atoms with E-state index in [-0.39, 0.29) is 4.90 Å². The number of anilines is 1. The first kappa shape index (κ1) is 13.6. The van der Waals surface area contributed by atoms with Crippen LogP contribution in [0.4, 0.5) is 5.95 Å². The van der Waals surface area contributed by atoms with Crippen LogP contribution in [0.1, 0.15) is 5.56 Å². The molecule has 6 heteroatoms. The summed E-state index contributed by atoms with van der Waals surface area (Å²) >= 11 is 0. The standard InChI is InChI=1S/C15H15N3O2S/c1-21(19,20)13-9-5-8-12-14(13)17-15(16)18(12)10-11-6-3-2-4-7-11/h2-9H,10H2,1H3,(H2,16,17). The number of nitrogens with zero attached hydrogens (tertiary/aromatic N) is 2. The molecular formula is C15H15N3O2S. The molecule has 0 atom stereocenters. The average Bonchev–Trinajstić information content (AvgIpc) is 2.75. The first-order valence-corrected chi connectivity index (χ1v) is 8.34. The van der Waals surface area contributed by atoms with Crippen molar-refractivity contribution in [2.45, 2.75) is 11.4 Å². The van der Waals surface area contributed by atoms with Gasteiger partial charge in [-0.2, -0.15) is 0 Å². The van der Waals surface area contributed by atoms with Crippen LogP contribution in [0.2, 0.25) is 0 Å². The molecule has 0 bridgehead atoms. The van der Waals surface area contributed by atoms with Gasteiger partial charge in [0.25, 0.3) is 0 Å². The fourth-order valence-corrected chi connectivity index (χ4v) is 3.20. The van der Waals surface area contributed by atoms with Crippen molar-refractivity contribution in [3.05, 3.63) is 54.1 Å². The summed E-state index contributed by atoms with van der Waals surface area (Å²) in [5, 5.41) is 0. The highest BCUT2D eigenvalue weighted by molar-refractivity contribution is 7.91. The predicted octanol–water partition coefficient (Wildman–Crippen LogP) is 2.07. The minimum absolute atomic E-state index is 0.207. The number of hydrogen-bond donors (Lipinski definition) is 1. The second kappa shape index (κ2) is 4.89. The van der Waals surface area contributed by atoms with Gasteiger partial charge in [-0.05, 0) is 17.7 Å².